The fourth-order valence-corrected chi connectivity index (χ4v) is 5.50. The number of hydrogen-bond donors (Lipinski definition) is 2. The third-order valence-corrected chi connectivity index (χ3v) is 8.10. The molecule has 0 aromatic heterocycles. The van der Waals surface area contributed by atoms with Gasteiger partial charge in [0.2, 0.25) is 0 Å². The summed E-state index contributed by atoms with van der Waals surface area (Å²) < 4.78 is 33.4. The summed E-state index contributed by atoms with van der Waals surface area (Å²) in [5, 5.41) is 6.89. The molecule has 0 aliphatic heterocycles. The predicted molar refractivity (Wildman–Crippen MR) is 165 cm³/mol. The van der Waals surface area contributed by atoms with Gasteiger partial charge in [0.25, 0.3) is 21.8 Å². The van der Waals surface area contributed by atoms with Gasteiger partial charge in [-0.25, -0.2) is 13.8 Å². The van der Waals surface area contributed by atoms with Crippen LogP contribution in [0.2, 0.25) is 5.02 Å². The Bertz CT molecular complexity index is 1670. The molecule has 11 heteroatoms. The summed E-state index contributed by atoms with van der Waals surface area (Å²) in [6.45, 7) is 3.10. The molecule has 216 valence electrons. The summed E-state index contributed by atoms with van der Waals surface area (Å²) in [6.07, 6.45) is 1.40. The van der Waals surface area contributed by atoms with E-state index in [4.69, 9.17) is 16.3 Å². The number of sulfonamides is 1. The third kappa shape index (κ3) is 8.18. The Morgan fingerprint density at radius 3 is 2.12 bits per heavy atom. The van der Waals surface area contributed by atoms with Crippen LogP contribution in [-0.4, -0.2) is 39.6 Å². The van der Waals surface area contributed by atoms with Crippen LogP contribution in [0.3, 0.4) is 0 Å². The number of aryl methyl sites for hydroxylation is 2. The smallest absolute Gasteiger partial charge is 0.264 e. The Morgan fingerprint density at radius 2 is 1.48 bits per heavy atom. The van der Waals surface area contributed by atoms with Gasteiger partial charge >= 0.3 is 0 Å². The van der Waals surface area contributed by atoms with Crippen molar-refractivity contribution in [2.75, 3.05) is 22.8 Å². The molecule has 2 N–H and O–H groups in total. The number of amides is 2. The highest BCUT2D eigenvalue weighted by Crippen LogP contribution is 2.30. The molecule has 4 rings (SSSR count). The van der Waals surface area contributed by atoms with Crippen molar-refractivity contribution < 1.29 is 22.7 Å². The van der Waals surface area contributed by atoms with Gasteiger partial charge in [-0.15, -0.1) is 0 Å². The van der Waals surface area contributed by atoms with E-state index < -0.39 is 22.5 Å². The molecular formula is C31H29ClN4O5S. The first-order valence-corrected chi connectivity index (χ1v) is 14.7. The summed E-state index contributed by atoms with van der Waals surface area (Å²) in [6, 6.07) is 26.9. The molecule has 0 aliphatic carbocycles. The van der Waals surface area contributed by atoms with Crippen LogP contribution in [-0.2, 0) is 19.6 Å². The quantitative estimate of drug-likeness (QED) is 0.177. The van der Waals surface area contributed by atoms with E-state index in [0.29, 0.717) is 17.0 Å². The van der Waals surface area contributed by atoms with Crippen molar-refractivity contribution in [2.24, 2.45) is 5.10 Å². The molecule has 0 radical (unpaired) electrons. The van der Waals surface area contributed by atoms with E-state index in [9.17, 15) is 18.0 Å². The molecule has 42 heavy (non-hydrogen) atoms. The average molecular weight is 605 g/mol. The molecular weight excluding hydrogens is 576 g/mol. The van der Waals surface area contributed by atoms with Crippen molar-refractivity contribution in [1.82, 2.24) is 5.43 Å². The van der Waals surface area contributed by atoms with E-state index in [0.717, 1.165) is 15.4 Å². The molecule has 0 saturated carbocycles. The Hall–Kier alpha value is -4.67. The average Bonchev–Trinajstić information content (AvgIpc) is 2.97. The Labute approximate surface area is 249 Å². The first-order chi connectivity index (χ1) is 20.1. The van der Waals surface area contributed by atoms with Crippen LogP contribution in [0.4, 0.5) is 11.4 Å². The molecule has 0 unspecified atom stereocenters. The second-order valence-electron chi connectivity index (χ2n) is 9.34. The maximum atomic E-state index is 13.5. The van der Waals surface area contributed by atoms with E-state index in [1.54, 1.807) is 54.6 Å². The zero-order valence-corrected chi connectivity index (χ0v) is 24.5. The Morgan fingerprint density at radius 1 is 0.857 bits per heavy atom. The highest BCUT2D eigenvalue weighted by Gasteiger charge is 2.28. The largest absolute Gasteiger partial charge is 0.484 e. The minimum Gasteiger partial charge on any atom is -0.484 e. The maximum absolute atomic E-state index is 13.5. The number of halogens is 1. The topological polar surface area (TPSA) is 117 Å². The molecule has 0 atom stereocenters. The lowest BCUT2D eigenvalue weighted by Crippen LogP contribution is -2.39. The molecule has 0 aliphatic rings. The van der Waals surface area contributed by atoms with Gasteiger partial charge in [0.1, 0.15) is 12.3 Å². The van der Waals surface area contributed by atoms with Crippen LogP contribution in [0.15, 0.2) is 107 Å². The molecule has 0 bridgehead atoms. The van der Waals surface area contributed by atoms with Crippen LogP contribution >= 0.6 is 11.6 Å². The van der Waals surface area contributed by atoms with Gasteiger partial charge in [-0.2, -0.15) is 5.10 Å². The fraction of sp³-hybridized carbons (Fsp3) is 0.129. The van der Waals surface area contributed by atoms with E-state index in [-0.39, 0.29) is 28.1 Å². The van der Waals surface area contributed by atoms with E-state index in [1.165, 1.54) is 24.4 Å². The lowest BCUT2D eigenvalue weighted by atomic mass is 10.2. The van der Waals surface area contributed by atoms with Gasteiger partial charge in [0, 0.05) is 5.69 Å². The molecule has 0 spiro atoms. The number of para-hydroxylation sites is 1. The van der Waals surface area contributed by atoms with Gasteiger partial charge in [0.05, 0.1) is 21.8 Å². The highest BCUT2D eigenvalue weighted by molar-refractivity contribution is 7.92. The highest BCUT2D eigenvalue weighted by atomic mass is 35.5. The Balaban J connectivity index is 1.35. The molecule has 9 nitrogen and oxygen atoms in total. The predicted octanol–water partition coefficient (Wildman–Crippen LogP) is 5.32. The van der Waals surface area contributed by atoms with Crippen LogP contribution in [0.5, 0.6) is 5.75 Å². The van der Waals surface area contributed by atoms with E-state index in [1.807, 2.05) is 38.1 Å². The number of carbonyl (C=O) groups excluding carboxylic acids is 2. The third-order valence-electron chi connectivity index (χ3n) is 6.01. The standard InChI is InChI=1S/C31H29ClN4O5S/c1-22-7-13-25(14-8-22)34-31(38)21-41-26-15-11-24(12-16-26)19-33-35-30(37)20-36(29-6-4-3-5-28(29)32)42(39,40)27-17-9-23(2)10-18-27/h3-19H,20-21H2,1-2H3,(H,34,38)(H,35,37)/b33-19+. The Kier molecular flexibility index (Phi) is 9.95. The van der Waals surface area contributed by atoms with Crippen molar-refractivity contribution in [3.05, 3.63) is 119 Å². The second kappa shape index (κ2) is 13.8. The number of carbonyl (C=O) groups is 2. The number of rotatable bonds is 11. The normalized spacial score (nSPS) is 11.2. The molecule has 0 fully saturated rings. The lowest BCUT2D eigenvalue weighted by Gasteiger charge is -2.24. The van der Waals surface area contributed by atoms with E-state index in [2.05, 4.69) is 15.8 Å². The number of anilines is 2. The zero-order valence-electron chi connectivity index (χ0n) is 23.0. The van der Waals surface area contributed by atoms with Gasteiger partial charge in [0.15, 0.2) is 6.61 Å². The van der Waals surface area contributed by atoms with Crippen LogP contribution in [0.25, 0.3) is 0 Å². The minimum atomic E-state index is -4.11. The molecule has 4 aromatic carbocycles. The fourth-order valence-electron chi connectivity index (χ4n) is 3.77. The van der Waals surface area contributed by atoms with Crippen LogP contribution in [0.1, 0.15) is 16.7 Å². The van der Waals surface area contributed by atoms with Crippen molar-refractivity contribution in [3.63, 3.8) is 0 Å². The number of nitrogens with zero attached hydrogens (tertiary/aromatic N) is 2. The van der Waals surface area contributed by atoms with Gasteiger partial charge in [-0.1, -0.05) is 59.1 Å². The SMILES string of the molecule is Cc1ccc(NC(=O)COc2ccc(/C=N/NC(=O)CN(c3ccccc3Cl)S(=O)(=O)c3ccc(C)cc3)cc2)cc1. The number of hydrazone groups is 1. The number of benzene rings is 4. The summed E-state index contributed by atoms with van der Waals surface area (Å²) in [5.41, 5.74) is 5.85. The number of nitrogens with one attached hydrogen (secondary N) is 2. The van der Waals surface area contributed by atoms with Crippen molar-refractivity contribution in [1.29, 1.82) is 0 Å². The second-order valence-corrected chi connectivity index (χ2v) is 11.6. The molecule has 0 heterocycles. The maximum Gasteiger partial charge on any atom is 0.264 e. The number of ether oxygens (including phenoxy) is 1. The van der Waals surface area contributed by atoms with Gasteiger partial charge < -0.3 is 10.1 Å². The summed E-state index contributed by atoms with van der Waals surface area (Å²) in [4.78, 5) is 24.9. The summed E-state index contributed by atoms with van der Waals surface area (Å²) in [5.74, 6) is -0.476. The van der Waals surface area contributed by atoms with Gasteiger partial charge in [-0.3, -0.25) is 13.9 Å². The molecule has 4 aromatic rings. The summed E-state index contributed by atoms with van der Waals surface area (Å²) in [7, 11) is -4.11. The van der Waals surface area contributed by atoms with Crippen LogP contribution < -0.4 is 19.8 Å². The van der Waals surface area contributed by atoms with E-state index >= 15 is 0 Å². The number of hydrogen-bond acceptors (Lipinski definition) is 6. The summed E-state index contributed by atoms with van der Waals surface area (Å²) >= 11 is 6.30. The van der Waals surface area contributed by atoms with Crippen molar-refractivity contribution in [3.8, 4) is 5.75 Å². The van der Waals surface area contributed by atoms with Crippen molar-refractivity contribution in [2.45, 2.75) is 18.7 Å². The first-order valence-electron chi connectivity index (χ1n) is 12.9. The van der Waals surface area contributed by atoms with Crippen molar-refractivity contribution >= 4 is 51.0 Å². The first kappa shape index (κ1) is 30.3. The van der Waals surface area contributed by atoms with Crippen LogP contribution in [0, 0.1) is 13.8 Å². The lowest BCUT2D eigenvalue weighted by molar-refractivity contribution is -0.119. The molecule has 0 saturated heterocycles. The van der Waals surface area contributed by atoms with Gasteiger partial charge in [-0.05, 0) is 80.1 Å². The molecule has 2 amide bonds. The minimum absolute atomic E-state index is 0.0271. The monoisotopic (exact) mass is 604 g/mol. The zero-order chi connectivity index (χ0) is 30.1.